The molecular formula is C11H11FN4OS. The number of amides is 1. The zero-order valence-electron chi connectivity index (χ0n) is 9.61. The number of hydrogen-bond donors (Lipinski definition) is 2. The molecule has 0 aliphatic heterocycles. The van der Waals surface area contributed by atoms with Crippen molar-refractivity contribution in [3.63, 3.8) is 0 Å². The predicted molar refractivity (Wildman–Crippen MR) is 66.6 cm³/mol. The number of hydrogen-bond acceptors (Lipinski definition) is 5. The first kappa shape index (κ1) is 12.4. The second-order valence-corrected chi connectivity index (χ2v) is 4.69. The van der Waals surface area contributed by atoms with Crippen molar-refractivity contribution in [1.82, 2.24) is 15.3 Å². The summed E-state index contributed by atoms with van der Waals surface area (Å²) < 4.78 is 13.0. The molecular weight excluding hydrogens is 255 g/mol. The van der Waals surface area contributed by atoms with Gasteiger partial charge in [-0.2, -0.15) is 0 Å². The number of anilines is 1. The van der Waals surface area contributed by atoms with Gasteiger partial charge in [0.15, 0.2) is 0 Å². The summed E-state index contributed by atoms with van der Waals surface area (Å²) in [6.07, 6.45) is 0.968. The SMILES string of the molecule is Cc1nc(CNC(=O)c2cc(F)cnc2N)cs1. The number of aryl methyl sites for hydroxylation is 1. The molecule has 2 heterocycles. The summed E-state index contributed by atoms with van der Waals surface area (Å²) in [7, 11) is 0. The van der Waals surface area contributed by atoms with E-state index in [-0.39, 0.29) is 17.9 Å². The molecule has 94 valence electrons. The van der Waals surface area contributed by atoms with Crippen molar-refractivity contribution < 1.29 is 9.18 Å². The van der Waals surface area contributed by atoms with Crippen molar-refractivity contribution >= 4 is 23.1 Å². The number of aromatic nitrogens is 2. The van der Waals surface area contributed by atoms with Crippen molar-refractivity contribution in [1.29, 1.82) is 0 Å². The lowest BCUT2D eigenvalue weighted by atomic mass is 10.2. The minimum absolute atomic E-state index is 0.00311. The Morgan fingerprint density at radius 3 is 3.06 bits per heavy atom. The van der Waals surface area contributed by atoms with Gasteiger partial charge in [-0.15, -0.1) is 11.3 Å². The van der Waals surface area contributed by atoms with E-state index in [1.807, 2.05) is 12.3 Å². The smallest absolute Gasteiger partial charge is 0.255 e. The van der Waals surface area contributed by atoms with Crippen molar-refractivity contribution in [2.45, 2.75) is 13.5 Å². The van der Waals surface area contributed by atoms with Gasteiger partial charge < -0.3 is 11.1 Å². The van der Waals surface area contributed by atoms with E-state index in [1.165, 1.54) is 11.3 Å². The van der Waals surface area contributed by atoms with Crippen LogP contribution in [-0.4, -0.2) is 15.9 Å². The van der Waals surface area contributed by atoms with Crippen molar-refractivity contribution in [2.24, 2.45) is 0 Å². The molecule has 2 aromatic rings. The highest BCUT2D eigenvalue weighted by atomic mass is 32.1. The average molecular weight is 266 g/mol. The Kier molecular flexibility index (Phi) is 3.52. The molecule has 0 spiro atoms. The zero-order valence-corrected chi connectivity index (χ0v) is 10.4. The van der Waals surface area contributed by atoms with Crippen molar-refractivity contribution in [2.75, 3.05) is 5.73 Å². The fraction of sp³-hybridized carbons (Fsp3) is 0.182. The van der Waals surface area contributed by atoms with Crippen LogP contribution in [0, 0.1) is 12.7 Å². The maximum Gasteiger partial charge on any atom is 0.255 e. The first-order valence-electron chi connectivity index (χ1n) is 5.16. The normalized spacial score (nSPS) is 10.3. The molecule has 0 aliphatic carbocycles. The Labute approximate surface area is 107 Å². The van der Waals surface area contributed by atoms with Gasteiger partial charge in [-0.05, 0) is 13.0 Å². The molecule has 0 radical (unpaired) electrons. The molecule has 5 nitrogen and oxygen atoms in total. The first-order valence-corrected chi connectivity index (χ1v) is 6.04. The van der Waals surface area contributed by atoms with Gasteiger partial charge in [0.25, 0.3) is 5.91 Å². The second-order valence-electron chi connectivity index (χ2n) is 3.63. The third-order valence-corrected chi connectivity index (χ3v) is 3.05. The van der Waals surface area contributed by atoms with Gasteiger partial charge in [0.1, 0.15) is 11.6 Å². The van der Waals surface area contributed by atoms with Crippen LogP contribution in [0.4, 0.5) is 10.2 Å². The molecule has 0 saturated carbocycles. The molecule has 3 N–H and O–H groups in total. The van der Waals surface area contributed by atoms with Gasteiger partial charge in [-0.1, -0.05) is 0 Å². The molecule has 0 atom stereocenters. The number of carbonyl (C=O) groups excluding carboxylic acids is 1. The maximum atomic E-state index is 13.0. The number of thiazole rings is 1. The lowest BCUT2D eigenvalue weighted by molar-refractivity contribution is 0.0950. The topological polar surface area (TPSA) is 80.9 Å². The van der Waals surface area contributed by atoms with Crippen LogP contribution in [0.5, 0.6) is 0 Å². The van der Waals surface area contributed by atoms with Crippen LogP contribution in [0.25, 0.3) is 0 Å². The molecule has 0 aliphatic rings. The molecule has 2 aromatic heterocycles. The standard InChI is InChI=1S/C11H11FN4OS/c1-6-16-8(5-18-6)4-15-11(17)9-2-7(12)3-14-10(9)13/h2-3,5H,4H2,1H3,(H2,13,14)(H,15,17). The lowest BCUT2D eigenvalue weighted by Gasteiger charge is -2.05. The molecule has 0 saturated heterocycles. The number of pyridine rings is 1. The van der Waals surface area contributed by atoms with Crippen LogP contribution in [-0.2, 0) is 6.54 Å². The van der Waals surface area contributed by atoms with Crippen LogP contribution < -0.4 is 11.1 Å². The molecule has 0 unspecified atom stereocenters. The highest BCUT2D eigenvalue weighted by Gasteiger charge is 2.12. The highest BCUT2D eigenvalue weighted by molar-refractivity contribution is 7.09. The third-order valence-electron chi connectivity index (χ3n) is 2.23. The van der Waals surface area contributed by atoms with E-state index in [0.29, 0.717) is 0 Å². The summed E-state index contributed by atoms with van der Waals surface area (Å²) in [5, 5.41) is 5.39. The van der Waals surface area contributed by atoms with Gasteiger partial charge in [-0.25, -0.2) is 14.4 Å². The fourth-order valence-corrected chi connectivity index (χ4v) is 2.00. The van der Waals surface area contributed by atoms with E-state index in [2.05, 4.69) is 15.3 Å². The lowest BCUT2D eigenvalue weighted by Crippen LogP contribution is -2.24. The van der Waals surface area contributed by atoms with Crippen molar-refractivity contribution in [3.05, 3.63) is 39.7 Å². The van der Waals surface area contributed by atoms with E-state index < -0.39 is 11.7 Å². The largest absolute Gasteiger partial charge is 0.383 e. The predicted octanol–water partition coefficient (Wildman–Crippen LogP) is 1.50. The quantitative estimate of drug-likeness (QED) is 0.882. The van der Waals surface area contributed by atoms with E-state index >= 15 is 0 Å². The molecule has 0 aromatic carbocycles. The number of rotatable bonds is 3. The molecule has 18 heavy (non-hydrogen) atoms. The Balaban J connectivity index is 2.05. The summed E-state index contributed by atoms with van der Waals surface area (Å²) in [5.41, 5.74) is 6.30. The van der Waals surface area contributed by atoms with Gasteiger partial charge in [0.05, 0.1) is 29.0 Å². The number of nitrogen functional groups attached to an aromatic ring is 1. The summed E-state index contributed by atoms with van der Waals surface area (Å²) in [6.45, 7) is 2.16. The van der Waals surface area contributed by atoms with Crippen LogP contribution >= 0.6 is 11.3 Å². The van der Waals surface area contributed by atoms with Gasteiger partial charge in [0.2, 0.25) is 0 Å². The molecule has 0 bridgehead atoms. The molecule has 0 fully saturated rings. The minimum Gasteiger partial charge on any atom is -0.383 e. The Morgan fingerprint density at radius 2 is 2.39 bits per heavy atom. The van der Waals surface area contributed by atoms with E-state index in [0.717, 1.165) is 23.0 Å². The number of nitrogens with one attached hydrogen (secondary N) is 1. The Morgan fingerprint density at radius 1 is 1.61 bits per heavy atom. The first-order chi connectivity index (χ1) is 8.56. The van der Waals surface area contributed by atoms with E-state index in [1.54, 1.807) is 0 Å². The summed E-state index contributed by atoms with van der Waals surface area (Å²) in [5.74, 6) is -1.06. The van der Waals surface area contributed by atoms with Gasteiger partial charge >= 0.3 is 0 Å². The Hall–Kier alpha value is -2.02. The summed E-state index contributed by atoms with van der Waals surface area (Å²) in [4.78, 5) is 19.6. The highest BCUT2D eigenvalue weighted by Crippen LogP contribution is 2.11. The summed E-state index contributed by atoms with van der Waals surface area (Å²) in [6, 6.07) is 1.06. The number of carbonyl (C=O) groups is 1. The van der Waals surface area contributed by atoms with E-state index in [9.17, 15) is 9.18 Å². The van der Waals surface area contributed by atoms with Crippen LogP contribution in [0.3, 0.4) is 0 Å². The van der Waals surface area contributed by atoms with Crippen LogP contribution in [0.15, 0.2) is 17.6 Å². The van der Waals surface area contributed by atoms with Crippen LogP contribution in [0.2, 0.25) is 0 Å². The fourth-order valence-electron chi connectivity index (χ4n) is 1.39. The van der Waals surface area contributed by atoms with E-state index in [4.69, 9.17) is 5.73 Å². The average Bonchev–Trinajstić information content (AvgIpc) is 2.75. The second kappa shape index (κ2) is 5.09. The van der Waals surface area contributed by atoms with Crippen molar-refractivity contribution in [3.8, 4) is 0 Å². The Bertz CT molecular complexity index is 584. The number of halogens is 1. The number of nitrogens with two attached hydrogens (primary N) is 1. The maximum absolute atomic E-state index is 13.0. The zero-order chi connectivity index (χ0) is 13.1. The molecule has 1 amide bonds. The third kappa shape index (κ3) is 2.80. The minimum atomic E-state index is -0.598. The summed E-state index contributed by atoms with van der Waals surface area (Å²) >= 11 is 1.50. The van der Waals surface area contributed by atoms with Crippen LogP contribution in [0.1, 0.15) is 21.1 Å². The van der Waals surface area contributed by atoms with Gasteiger partial charge in [0, 0.05) is 5.38 Å². The molecule has 7 heteroatoms. The monoisotopic (exact) mass is 266 g/mol. The molecule has 2 rings (SSSR count). The number of nitrogens with zero attached hydrogens (tertiary/aromatic N) is 2. The van der Waals surface area contributed by atoms with Gasteiger partial charge in [-0.3, -0.25) is 4.79 Å².